The van der Waals surface area contributed by atoms with Crippen molar-refractivity contribution in [1.29, 1.82) is 0 Å². The van der Waals surface area contributed by atoms with E-state index in [2.05, 4.69) is 34.7 Å². The van der Waals surface area contributed by atoms with E-state index in [4.69, 9.17) is 4.74 Å². The van der Waals surface area contributed by atoms with Crippen molar-refractivity contribution in [2.75, 3.05) is 13.7 Å². The smallest absolute Gasteiger partial charge is 0.119 e. The predicted molar refractivity (Wildman–Crippen MR) is 83.6 cm³/mol. The van der Waals surface area contributed by atoms with Gasteiger partial charge in [-0.1, -0.05) is 6.07 Å². The van der Waals surface area contributed by atoms with Crippen molar-refractivity contribution in [3.63, 3.8) is 0 Å². The Bertz CT molecular complexity index is 606. The van der Waals surface area contributed by atoms with Gasteiger partial charge in [-0.2, -0.15) is 5.10 Å². The van der Waals surface area contributed by atoms with E-state index in [9.17, 15) is 0 Å². The van der Waals surface area contributed by atoms with Crippen molar-refractivity contribution in [3.05, 3.63) is 47.3 Å². The molecule has 1 heterocycles. The van der Waals surface area contributed by atoms with E-state index in [1.807, 2.05) is 17.9 Å². The SMILES string of the molecule is COc1ccc2c(c1)CCCC2NCCc1ccnn1C. The summed E-state index contributed by atoms with van der Waals surface area (Å²) in [7, 11) is 3.73. The molecule has 1 aliphatic rings. The fraction of sp³-hybridized carbons (Fsp3) is 0.471. The van der Waals surface area contributed by atoms with E-state index in [0.29, 0.717) is 6.04 Å². The van der Waals surface area contributed by atoms with Crippen molar-refractivity contribution >= 4 is 0 Å². The van der Waals surface area contributed by atoms with Gasteiger partial charge in [0.1, 0.15) is 5.75 Å². The van der Waals surface area contributed by atoms with Crippen molar-refractivity contribution in [3.8, 4) is 5.75 Å². The number of benzene rings is 1. The second kappa shape index (κ2) is 6.31. The summed E-state index contributed by atoms with van der Waals surface area (Å²) >= 11 is 0. The number of methoxy groups -OCH3 is 1. The molecule has 2 aromatic rings. The first-order chi connectivity index (χ1) is 10.3. The normalized spacial score (nSPS) is 17.5. The fourth-order valence-electron chi connectivity index (χ4n) is 3.15. The van der Waals surface area contributed by atoms with Crippen LogP contribution < -0.4 is 10.1 Å². The first-order valence-electron chi connectivity index (χ1n) is 7.65. The standard InChI is InChI=1S/C17H23N3O/c1-20-14(9-11-19-20)8-10-18-17-5-3-4-13-12-15(21-2)6-7-16(13)17/h6-7,9,11-12,17-18H,3-5,8,10H2,1-2H3. The van der Waals surface area contributed by atoms with Gasteiger partial charge in [-0.25, -0.2) is 0 Å². The van der Waals surface area contributed by atoms with Gasteiger partial charge in [0.15, 0.2) is 0 Å². The quantitative estimate of drug-likeness (QED) is 0.918. The van der Waals surface area contributed by atoms with Crippen molar-refractivity contribution < 1.29 is 4.74 Å². The highest BCUT2D eigenvalue weighted by atomic mass is 16.5. The summed E-state index contributed by atoms with van der Waals surface area (Å²) in [5.74, 6) is 0.962. The summed E-state index contributed by atoms with van der Waals surface area (Å²) in [6.45, 7) is 0.982. The Kier molecular flexibility index (Phi) is 4.25. The number of hydrogen-bond acceptors (Lipinski definition) is 3. The van der Waals surface area contributed by atoms with E-state index < -0.39 is 0 Å². The van der Waals surface area contributed by atoms with E-state index in [-0.39, 0.29) is 0 Å². The minimum atomic E-state index is 0.466. The van der Waals surface area contributed by atoms with Crippen LogP contribution in [0.1, 0.15) is 35.7 Å². The van der Waals surface area contributed by atoms with Gasteiger partial charge in [0.2, 0.25) is 0 Å². The maximum Gasteiger partial charge on any atom is 0.119 e. The van der Waals surface area contributed by atoms with Crippen LogP contribution in [-0.2, 0) is 19.9 Å². The van der Waals surface area contributed by atoms with Gasteiger partial charge in [0.25, 0.3) is 0 Å². The van der Waals surface area contributed by atoms with Gasteiger partial charge in [-0.05, 0) is 48.6 Å². The summed E-state index contributed by atoms with van der Waals surface area (Å²) in [6.07, 6.45) is 6.48. The average Bonchev–Trinajstić information content (AvgIpc) is 2.92. The lowest BCUT2D eigenvalue weighted by Gasteiger charge is -2.27. The molecular formula is C17H23N3O. The lowest BCUT2D eigenvalue weighted by atomic mass is 9.87. The van der Waals surface area contributed by atoms with Crippen molar-refractivity contribution in [1.82, 2.24) is 15.1 Å². The number of hydrogen-bond donors (Lipinski definition) is 1. The largest absolute Gasteiger partial charge is 0.497 e. The zero-order valence-electron chi connectivity index (χ0n) is 12.8. The zero-order chi connectivity index (χ0) is 14.7. The highest BCUT2D eigenvalue weighted by Crippen LogP contribution is 2.32. The Balaban J connectivity index is 1.64. The van der Waals surface area contributed by atoms with Crippen LogP contribution in [-0.4, -0.2) is 23.4 Å². The Morgan fingerprint density at radius 3 is 3.05 bits per heavy atom. The van der Waals surface area contributed by atoms with Crippen LogP contribution in [0.2, 0.25) is 0 Å². The molecule has 1 N–H and O–H groups in total. The van der Waals surface area contributed by atoms with Crippen LogP contribution in [0.15, 0.2) is 30.5 Å². The molecule has 1 aromatic heterocycles. The summed E-state index contributed by atoms with van der Waals surface area (Å²) in [5.41, 5.74) is 4.14. The number of nitrogens with one attached hydrogen (secondary N) is 1. The number of aromatic nitrogens is 2. The predicted octanol–water partition coefficient (Wildman–Crippen LogP) is 2.64. The Labute approximate surface area is 126 Å². The van der Waals surface area contributed by atoms with Crippen molar-refractivity contribution in [2.45, 2.75) is 31.7 Å². The second-order valence-electron chi connectivity index (χ2n) is 5.66. The van der Waals surface area contributed by atoms with Gasteiger partial charge in [0.05, 0.1) is 7.11 Å². The number of aryl methyl sites for hydroxylation is 2. The molecule has 1 aromatic carbocycles. The number of fused-ring (bicyclic) bond motifs is 1. The maximum atomic E-state index is 5.33. The van der Waals surface area contributed by atoms with Gasteiger partial charge < -0.3 is 10.1 Å². The lowest BCUT2D eigenvalue weighted by molar-refractivity contribution is 0.410. The minimum Gasteiger partial charge on any atom is -0.497 e. The van der Waals surface area contributed by atoms with E-state index in [1.54, 1.807) is 7.11 Å². The molecule has 0 radical (unpaired) electrons. The molecule has 0 aliphatic heterocycles. The first kappa shape index (κ1) is 14.1. The molecule has 1 atom stereocenters. The first-order valence-corrected chi connectivity index (χ1v) is 7.65. The minimum absolute atomic E-state index is 0.466. The molecular weight excluding hydrogens is 262 g/mol. The van der Waals surface area contributed by atoms with Gasteiger partial charge in [0, 0.05) is 37.9 Å². The van der Waals surface area contributed by atoms with Crippen LogP contribution >= 0.6 is 0 Å². The summed E-state index contributed by atoms with van der Waals surface area (Å²) in [5, 5.41) is 7.91. The Morgan fingerprint density at radius 1 is 1.38 bits per heavy atom. The molecule has 0 amide bonds. The van der Waals surface area contributed by atoms with E-state index in [0.717, 1.165) is 25.1 Å². The molecule has 0 bridgehead atoms. The highest BCUT2D eigenvalue weighted by Gasteiger charge is 2.20. The highest BCUT2D eigenvalue weighted by molar-refractivity contribution is 5.39. The van der Waals surface area contributed by atoms with Gasteiger partial charge in [-0.15, -0.1) is 0 Å². The monoisotopic (exact) mass is 285 g/mol. The average molecular weight is 285 g/mol. The lowest BCUT2D eigenvalue weighted by Crippen LogP contribution is -2.27. The summed E-state index contributed by atoms with van der Waals surface area (Å²) in [4.78, 5) is 0. The van der Waals surface area contributed by atoms with Crippen molar-refractivity contribution in [2.24, 2.45) is 7.05 Å². The van der Waals surface area contributed by atoms with Crippen LogP contribution in [0, 0.1) is 0 Å². The van der Waals surface area contributed by atoms with E-state index in [1.165, 1.54) is 29.7 Å². The maximum absolute atomic E-state index is 5.33. The van der Waals surface area contributed by atoms with Gasteiger partial charge in [-0.3, -0.25) is 4.68 Å². The topological polar surface area (TPSA) is 39.1 Å². The second-order valence-corrected chi connectivity index (χ2v) is 5.66. The molecule has 0 saturated heterocycles. The molecule has 0 spiro atoms. The molecule has 112 valence electrons. The molecule has 21 heavy (non-hydrogen) atoms. The Hall–Kier alpha value is -1.81. The molecule has 4 nitrogen and oxygen atoms in total. The van der Waals surface area contributed by atoms with Crippen LogP contribution in [0.4, 0.5) is 0 Å². The molecule has 3 rings (SSSR count). The summed E-state index contributed by atoms with van der Waals surface area (Å²) < 4.78 is 7.27. The molecule has 4 heteroatoms. The van der Waals surface area contributed by atoms with Crippen LogP contribution in [0.5, 0.6) is 5.75 Å². The fourth-order valence-corrected chi connectivity index (χ4v) is 3.15. The third-order valence-electron chi connectivity index (χ3n) is 4.36. The molecule has 1 unspecified atom stereocenters. The zero-order valence-corrected chi connectivity index (χ0v) is 12.8. The van der Waals surface area contributed by atoms with E-state index >= 15 is 0 Å². The third kappa shape index (κ3) is 3.10. The third-order valence-corrected chi connectivity index (χ3v) is 4.36. The van der Waals surface area contributed by atoms with Gasteiger partial charge >= 0.3 is 0 Å². The number of nitrogens with zero attached hydrogens (tertiary/aromatic N) is 2. The molecule has 0 saturated carbocycles. The van der Waals surface area contributed by atoms with Crippen LogP contribution in [0.3, 0.4) is 0 Å². The number of rotatable bonds is 5. The molecule has 1 aliphatic carbocycles. The number of ether oxygens (including phenoxy) is 1. The summed E-state index contributed by atoms with van der Waals surface area (Å²) in [6, 6.07) is 9.02. The molecule has 0 fully saturated rings. The van der Waals surface area contributed by atoms with Crippen LogP contribution in [0.25, 0.3) is 0 Å². The Morgan fingerprint density at radius 2 is 2.29 bits per heavy atom.